The van der Waals surface area contributed by atoms with E-state index in [1.165, 1.54) is 0 Å². The third-order valence-corrected chi connectivity index (χ3v) is 2.86. The van der Waals surface area contributed by atoms with E-state index in [0.29, 0.717) is 6.54 Å². The van der Waals surface area contributed by atoms with Crippen LogP contribution in [0.1, 0.15) is 12.0 Å². The molecule has 1 aromatic carbocycles. The second-order valence-corrected chi connectivity index (χ2v) is 4.01. The molecule has 16 heavy (non-hydrogen) atoms. The maximum absolute atomic E-state index is 13.3. The summed E-state index contributed by atoms with van der Waals surface area (Å²) in [6.07, 6.45) is 0.788. The van der Waals surface area contributed by atoms with Gasteiger partial charge in [0.15, 0.2) is 23.3 Å². The maximum Gasteiger partial charge on any atom is 0.165 e. The molecule has 1 fully saturated rings. The molecule has 2 rings (SSSR count). The van der Waals surface area contributed by atoms with Crippen molar-refractivity contribution in [1.82, 2.24) is 5.32 Å². The van der Waals surface area contributed by atoms with Gasteiger partial charge in [0.25, 0.3) is 0 Å². The summed E-state index contributed by atoms with van der Waals surface area (Å²) >= 11 is 0. The molecule has 1 nitrogen and oxygen atoms in total. The molecule has 0 aromatic heterocycles. The zero-order valence-electron chi connectivity index (χ0n) is 8.49. The van der Waals surface area contributed by atoms with Crippen LogP contribution in [0.3, 0.4) is 0 Å². The molecule has 0 spiro atoms. The van der Waals surface area contributed by atoms with Gasteiger partial charge in [0, 0.05) is 11.6 Å². The van der Waals surface area contributed by atoms with Crippen molar-refractivity contribution in [3.05, 3.63) is 34.9 Å². The van der Waals surface area contributed by atoms with Gasteiger partial charge < -0.3 is 5.32 Å². The number of nitrogens with one attached hydrogen (secondary N) is 1. The van der Waals surface area contributed by atoms with Gasteiger partial charge in [-0.15, -0.1) is 0 Å². The summed E-state index contributed by atoms with van der Waals surface area (Å²) in [4.78, 5) is 0. The Balaban J connectivity index is 2.31. The summed E-state index contributed by atoms with van der Waals surface area (Å²) in [5.74, 6) is -5.18. The SMILES string of the molecule is Fc1cc(F)c(F)c(CC2CCNC2)c1F. The highest BCUT2D eigenvalue weighted by atomic mass is 19.2. The fraction of sp³-hybridized carbons (Fsp3) is 0.455. The van der Waals surface area contributed by atoms with Crippen LogP contribution in [0.5, 0.6) is 0 Å². The second-order valence-electron chi connectivity index (χ2n) is 4.01. The van der Waals surface area contributed by atoms with Crippen LogP contribution in [0.4, 0.5) is 17.6 Å². The third kappa shape index (κ3) is 2.04. The summed E-state index contributed by atoms with van der Waals surface area (Å²) in [6.45, 7) is 1.39. The highest BCUT2D eigenvalue weighted by Gasteiger charge is 2.23. The van der Waals surface area contributed by atoms with E-state index in [1.54, 1.807) is 0 Å². The van der Waals surface area contributed by atoms with Gasteiger partial charge in [-0.3, -0.25) is 0 Å². The van der Waals surface area contributed by atoms with Gasteiger partial charge in [-0.1, -0.05) is 0 Å². The summed E-state index contributed by atoms with van der Waals surface area (Å²) in [7, 11) is 0. The molecule has 1 unspecified atom stereocenters. The van der Waals surface area contributed by atoms with Gasteiger partial charge in [-0.05, 0) is 31.8 Å². The van der Waals surface area contributed by atoms with Crippen molar-refractivity contribution >= 4 is 0 Å². The fourth-order valence-corrected chi connectivity index (χ4v) is 1.98. The smallest absolute Gasteiger partial charge is 0.165 e. The molecule has 0 radical (unpaired) electrons. The van der Waals surface area contributed by atoms with E-state index < -0.39 is 28.8 Å². The molecule has 88 valence electrons. The molecule has 0 bridgehead atoms. The van der Waals surface area contributed by atoms with Gasteiger partial charge in [0.05, 0.1) is 0 Å². The molecule has 1 atom stereocenters. The summed E-state index contributed by atoms with van der Waals surface area (Å²) < 4.78 is 52.4. The van der Waals surface area contributed by atoms with Crippen LogP contribution >= 0.6 is 0 Å². The van der Waals surface area contributed by atoms with Crippen LogP contribution in [0.2, 0.25) is 0 Å². The van der Waals surface area contributed by atoms with Crippen LogP contribution in [-0.4, -0.2) is 13.1 Å². The first-order chi connectivity index (χ1) is 7.59. The average Bonchev–Trinajstić information content (AvgIpc) is 2.74. The minimum atomic E-state index is -1.33. The summed E-state index contributed by atoms with van der Waals surface area (Å²) in [5, 5.41) is 3.03. The fourth-order valence-electron chi connectivity index (χ4n) is 1.98. The quantitative estimate of drug-likeness (QED) is 0.611. The van der Waals surface area contributed by atoms with Crippen molar-refractivity contribution in [3.8, 4) is 0 Å². The van der Waals surface area contributed by atoms with E-state index in [9.17, 15) is 17.6 Å². The molecule has 1 aliphatic rings. The Morgan fingerprint density at radius 2 is 1.75 bits per heavy atom. The Morgan fingerprint density at radius 3 is 2.25 bits per heavy atom. The van der Waals surface area contributed by atoms with Gasteiger partial charge in [-0.25, -0.2) is 17.6 Å². The highest BCUT2D eigenvalue weighted by molar-refractivity contribution is 5.23. The van der Waals surface area contributed by atoms with Crippen LogP contribution < -0.4 is 5.32 Å². The second kappa shape index (κ2) is 4.41. The van der Waals surface area contributed by atoms with Crippen molar-refractivity contribution in [1.29, 1.82) is 0 Å². The topological polar surface area (TPSA) is 12.0 Å². The van der Waals surface area contributed by atoms with Crippen molar-refractivity contribution in [2.45, 2.75) is 12.8 Å². The van der Waals surface area contributed by atoms with Gasteiger partial charge in [0.2, 0.25) is 0 Å². The Bertz CT molecular complexity index is 373. The van der Waals surface area contributed by atoms with E-state index >= 15 is 0 Å². The van der Waals surface area contributed by atoms with Gasteiger partial charge in [-0.2, -0.15) is 0 Å². The Kier molecular flexibility index (Phi) is 3.14. The monoisotopic (exact) mass is 233 g/mol. The highest BCUT2D eigenvalue weighted by Crippen LogP contribution is 2.24. The third-order valence-electron chi connectivity index (χ3n) is 2.86. The summed E-state index contributed by atoms with van der Waals surface area (Å²) in [6, 6.07) is 0.237. The number of benzene rings is 1. The molecule has 0 saturated carbocycles. The largest absolute Gasteiger partial charge is 0.316 e. The number of halogens is 4. The first-order valence-corrected chi connectivity index (χ1v) is 5.12. The van der Waals surface area contributed by atoms with Crippen LogP contribution in [-0.2, 0) is 6.42 Å². The maximum atomic E-state index is 13.3. The molecule has 1 heterocycles. The van der Waals surface area contributed by atoms with E-state index in [-0.39, 0.29) is 18.4 Å². The molecule has 1 N–H and O–H groups in total. The molecule has 0 amide bonds. The lowest BCUT2D eigenvalue weighted by atomic mass is 9.97. The Morgan fingerprint density at radius 1 is 1.12 bits per heavy atom. The average molecular weight is 233 g/mol. The molecular formula is C11H11F4N. The van der Waals surface area contributed by atoms with Gasteiger partial charge in [0.1, 0.15) is 0 Å². The number of hydrogen-bond donors (Lipinski definition) is 1. The van der Waals surface area contributed by atoms with Crippen LogP contribution in [0.15, 0.2) is 6.07 Å². The predicted octanol–water partition coefficient (Wildman–Crippen LogP) is 2.40. The normalized spacial score (nSPS) is 20.4. The minimum absolute atomic E-state index is 0.0271. The van der Waals surface area contributed by atoms with E-state index in [4.69, 9.17) is 0 Å². The zero-order chi connectivity index (χ0) is 11.7. The van der Waals surface area contributed by atoms with Crippen LogP contribution in [0.25, 0.3) is 0 Å². The Hall–Kier alpha value is -1.10. The predicted molar refractivity (Wildman–Crippen MR) is 51.0 cm³/mol. The van der Waals surface area contributed by atoms with E-state index in [1.807, 2.05) is 0 Å². The van der Waals surface area contributed by atoms with Crippen LogP contribution in [0, 0.1) is 29.2 Å². The lowest BCUT2D eigenvalue weighted by molar-refractivity contribution is 0.425. The van der Waals surface area contributed by atoms with Crippen molar-refractivity contribution < 1.29 is 17.6 Å². The minimum Gasteiger partial charge on any atom is -0.316 e. The first-order valence-electron chi connectivity index (χ1n) is 5.12. The molecule has 5 heteroatoms. The summed E-state index contributed by atoms with van der Waals surface area (Å²) in [5.41, 5.74) is -0.480. The number of rotatable bonds is 2. The molecule has 1 aliphatic heterocycles. The molecule has 1 aromatic rings. The molecular weight excluding hydrogens is 222 g/mol. The van der Waals surface area contributed by atoms with Crippen molar-refractivity contribution in [2.75, 3.05) is 13.1 Å². The standard InChI is InChI=1S/C11H11F4N/c12-8-4-9(13)11(15)7(10(8)14)3-6-1-2-16-5-6/h4,6,16H,1-3,5H2. The zero-order valence-corrected chi connectivity index (χ0v) is 8.49. The van der Waals surface area contributed by atoms with Gasteiger partial charge >= 0.3 is 0 Å². The first kappa shape index (κ1) is 11.4. The Labute approximate surface area is 90.5 Å². The van der Waals surface area contributed by atoms with E-state index in [0.717, 1.165) is 13.0 Å². The lowest BCUT2D eigenvalue weighted by Crippen LogP contribution is -2.13. The van der Waals surface area contributed by atoms with Crippen molar-refractivity contribution in [2.24, 2.45) is 5.92 Å². The number of hydrogen-bond acceptors (Lipinski definition) is 1. The lowest BCUT2D eigenvalue weighted by Gasteiger charge is -2.11. The van der Waals surface area contributed by atoms with Crippen molar-refractivity contribution in [3.63, 3.8) is 0 Å². The molecule has 1 saturated heterocycles. The molecule has 0 aliphatic carbocycles. The van der Waals surface area contributed by atoms with E-state index in [2.05, 4.69) is 5.32 Å².